The molecule has 0 radical (unpaired) electrons. The lowest BCUT2D eigenvalue weighted by atomic mass is 10.1. The smallest absolute Gasteiger partial charge is 0.250 e. The number of carbonyl (C=O) groups excluding carboxylic acids is 2. The second kappa shape index (κ2) is 6.95. The van der Waals surface area contributed by atoms with Gasteiger partial charge in [0.2, 0.25) is 5.91 Å². The number of anilines is 1. The first-order chi connectivity index (χ1) is 10.1. The molecular weight excluding hydrogens is 284 g/mol. The Balaban J connectivity index is 1.96. The number of amides is 2. The molecule has 0 saturated heterocycles. The number of aryl methyl sites for hydroxylation is 1. The van der Waals surface area contributed by atoms with Crippen LogP contribution in [-0.2, 0) is 4.79 Å². The van der Waals surface area contributed by atoms with E-state index >= 15 is 0 Å². The van der Waals surface area contributed by atoms with Gasteiger partial charge in [-0.2, -0.15) is 0 Å². The van der Waals surface area contributed by atoms with Gasteiger partial charge < -0.3 is 11.1 Å². The van der Waals surface area contributed by atoms with Crippen molar-refractivity contribution in [2.75, 3.05) is 11.1 Å². The van der Waals surface area contributed by atoms with Crippen LogP contribution in [0.1, 0.15) is 15.9 Å². The zero-order valence-corrected chi connectivity index (χ0v) is 12.4. The highest BCUT2D eigenvalue weighted by molar-refractivity contribution is 8.00. The maximum Gasteiger partial charge on any atom is 0.250 e. The van der Waals surface area contributed by atoms with Crippen LogP contribution in [0.2, 0.25) is 0 Å². The monoisotopic (exact) mass is 300 g/mol. The number of primary amides is 1. The zero-order chi connectivity index (χ0) is 15.2. The molecule has 0 aliphatic rings. The molecule has 2 amide bonds. The van der Waals surface area contributed by atoms with Crippen molar-refractivity contribution in [3.63, 3.8) is 0 Å². The quantitative estimate of drug-likeness (QED) is 0.834. The van der Waals surface area contributed by atoms with Gasteiger partial charge in [-0.25, -0.2) is 0 Å². The lowest BCUT2D eigenvalue weighted by molar-refractivity contribution is -0.113. The van der Waals surface area contributed by atoms with Crippen molar-refractivity contribution in [2.24, 2.45) is 5.73 Å². The van der Waals surface area contributed by atoms with Crippen molar-refractivity contribution in [3.05, 3.63) is 59.7 Å². The molecule has 0 aliphatic carbocycles. The molecule has 108 valence electrons. The highest BCUT2D eigenvalue weighted by atomic mass is 32.2. The molecule has 0 spiro atoms. The van der Waals surface area contributed by atoms with E-state index in [1.807, 2.05) is 31.2 Å². The fraction of sp³-hybridized carbons (Fsp3) is 0.125. The van der Waals surface area contributed by atoms with Gasteiger partial charge >= 0.3 is 0 Å². The predicted octanol–water partition coefficient (Wildman–Crippen LogP) is 2.82. The molecule has 0 unspecified atom stereocenters. The number of carbonyl (C=O) groups is 2. The topological polar surface area (TPSA) is 72.2 Å². The summed E-state index contributed by atoms with van der Waals surface area (Å²) in [5, 5.41) is 2.71. The van der Waals surface area contributed by atoms with E-state index in [-0.39, 0.29) is 11.7 Å². The molecule has 2 rings (SSSR count). The number of para-hydroxylation sites is 1. The van der Waals surface area contributed by atoms with Gasteiger partial charge in [-0.1, -0.05) is 29.8 Å². The molecule has 0 fully saturated rings. The van der Waals surface area contributed by atoms with E-state index in [4.69, 9.17) is 5.73 Å². The Bertz CT molecular complexity index is 654. The van der Waals surface area contributed by atoms with E-state index in [0.29, 0.717) is 11.3 Å². The lowest BCUT2D eigenvalue weighted by Crippen LogP contribution is -2.19. The summed E-state index contributed by atoms with van der Waals surface area (Å²) in [6, 6.07) is 14.7. The van der Waals surface area contributed by atoms with E-state index < -0.39 is 5.91 Å². The highest BCUT2D eigenvalue weighted by Gasteiger charge is 2.10. The molecule has 4 nitrogen and oxygen atoms in total. The SMILES string of the molecule is Cc1ccc(SCC(=O)Nc2ccccc2C(N)=O)cc1. The lowest BCUT2D eigenvalue weighted by Gasteiger charge is -2.08. The largest absolute Gasteiger partial charge is 0.366 e. The van der Waals surface area contributed by atoms with Crippen LogP contribution in [0.5, 0.6) is 0 Å². The number of rotatable bonds is 5. The van der Waals surface area contributed by atoms with Crippen molar-refractivity contribution in [1.82, 2.24) is 0 Å². The number of benzene rings is 2. The number of thioether (sulfide) groups is 1. The third kappa shape index (κ3) is 4.36. The summed E-state index contributed by atoms with van der Waals surface area (Å²) in [6.07, 6.45) is 0. The summed E-state index contributed by atoms with van der Waals surface area (Å²) in [7, 11) is 0. The predicted molar refractivity (Wildman–Crippen MR) is 85.5 cm³/mol. The Morgan fingerprint density at radius 2 is 1.76 bits per heavy atom. The molecule has 0 atom stereocenters. The second-order valence-electron chi connectivity index (χ2n) is 4.56. The number of nitrogens with two attached hydrogens (primary N) is 1. The summed E-state index contributed by atoms with van der Waals surface area (Å²) in [5.41, 5.74) is 7.21. The average Bonchev–Trinajstić information content (AvgIpc) is 2.47. The Morgan fingerprint density at radius 3 is 2.43 bits per heavy atom. The second-order valence-corrected chi connectivity index (χ2v) is 5.61. The molecule has 2 aromatic rings. The van der Waals surface area contributed by atoms with Crippen LogP contribution in [0.25, 0.3) is 0 Å². The molecule has 3 N–H and O–H groups in total. The first-order valence-corrected chi connectivity index (χ1v) is 7.43. The summed E-state index contributed by atoms with van der Waals surface area (Å²) >= 11 is 1.44. The van der Waals surface area contributed by atoms with Gasteiger partial charge in [-0.3, -0.25) is 9.59 Å². The normalized spacial score (nSPS) is 10.1. The molecule has 0 aromatic heterocycles. The van der Waals surface area contributed by atoms with Crippen LogP contribution in [0.15, 0.2) is 53.4 Å². The van der Waals surface area contributed by atoms with Gasteiger partial charge in [0.15, 0.2) is 0 Å². The fourth-order valence-electron chi connectivity index (χ4n) is 1.78. The molecule has 5 heteroatoms. The Kier molecular flexibility index (Phi) is 5.00. The van der Waals surface area contributed by atoms with Crippen LogP contribution in [0, 0.1) is 6.92 Å². The summed E-state index contributed by atoms with van der Waals surface area (Å²) in [5.74, 6) is -0.456. The third-order valence-electron chi connectivity index (χ3n) is 2.86. The van der Waals surface area contributed by atoms with Crippen LogP contribution in [0.4, 0.5) is 5.69 Å². The number of nitrogens with one attached hydrogen (secondary N) is 1. The number of hydrogen-bond acceptors (Lipinski definition) is 3. The molecule has 0 bridgehead atoms. The van der Waals surface area contributed by atoms with E-state index in [0.717, 1.165) is 4.90 Å². The Hall–Kier alpha value is -2.27. The summed E-state index contributed by atoms with van der Waals surface area (Å²) < 4.78 is 0. The fourth-order valence-corrected chi connectivity index (χ4v) is 2.48. The molecular formula is C16H16N2O2S. The molecule has 21 heavy (non-hydrogen) atoms. The van der Waals surface area contributed by atoms with Crippen molar-refractivity contribution >= 4 is 29.3 Å². The summed E-state index contributed by atoms with van der Waals surface area (Å²) in [4.78, 5) is 24.3. The first kappa shape index (κ1) is 15.1. The number of hydrogen-bond donors (Lipinski definition) is 2. The third-order valence-corrected chi connectivity index (χ3v) is 3.87. The van der Waals surface area contributed by atoms with Crippen LogP contribution < -0.4 is 11.1 Å². The minimum Gasteiger partial charge on any atom is -0.366 e. The van der Waals surface area contributed by atoms with Gasteiger partial charge in [0.1, 0.15) is 0 Å². The van der Waals surface area contributed by atoms with Gasteiger partial charge in [0, 0.05) is 4.90 Å². The summed E-state index contributed by atoms with van der Waals surface area (Å²) in [6.45, 7) is 2.02. The van der Waals surface area contributed by atoms with Gasteiger partial charge in [-0.05, 0) is 31.2 Å². The van der Waals surface area contributed by atoms with E-state index in [2.05, 4.69) is 5.32 Å². The standard InChI is InChI=1S/C16H16N2O2S/c1-11-6-8-12(9-7-11)21-10-15(19)18-14-5-3-2-4-13(14)16(17)20/h2-9H,10H2,1H3,(H2,17,20)(H,18,19). The minimum absolute atomic E-state index is 0.172. The van der Waals surface area contributed by atoms with Crippen LogP contribution >= 0.6 is 11.8 Å². The van der Waals surface area contributed by atoms with Gasteiger partial charge in [-0.15, -0.1) is 11.8 Å². The van der Waals surface area contributed by atoms with Crippen LogP contribution in [-0.4, -0.2) is 17.6 Å². The first-order valence-electron chi connectivity index (χ1n) is 6.44. The maximum atomic E-state index is 11.9. The van der Waals surface area contributed by atoms with Crippen molar-refractivity contribution in [3.8, 4) is 0 Å². The van der Waals surface area contributed by atoms with Gasteiger partial charge in [0.25, 0.3) is 5.91 Å². The van der Waals surface area contributed by atoms with Crippen molar-refractivity contribution in [2.45, 2.75) is 11.8 Å². The minimum atomic E-state index is -0.558. The van der Waals surface area contributed by atoms with E-state index in [9.17, 15) is 9.59 Å². The van der Waals surface area contributed by atoms with Crippen molar-refractivity contribution in [1.29, 1.82) is 0 Å². The molecule has 0 heterocycles. The van der Waals surface area contributed by atoms with E-state index in [1.165, 1.54) is 17.3 Å². The molecule has 0 aliphatic heterocycles. The average molecular weight is 300 g/mol. The zero-order valence-electron chi connectivity index (χ0n) is 11.6. The van der Waals surface area contributed by atoms with Crippen LogP contribution in [0.3, 0.4) is 0 Å². The highest BCUT2D eigenvalue weighted by Crippen LogP contribution is 2.19. The van der Waals surface area contributed by atoms with Crippen molar-refractivity contribution < 1.29 is 9.59 Å². The molecule has 2 aromatic carbocycles. The van der Waals surface area contributed by atoms with Gasteiger partial charge in [0.05, 0.1) is 17.0 Å². The van der Waals surface area contributed by atoms with E-state index in [1.54, 1.807) is 24.3 Å². The molecule has 0 saturated carbocycles. The maximum absolute atomic E-state index is 11.9. The Labute approximate surface area is 127 Å². The Morgan fingerprint density at radius 1 is 1.10 bits per heavy atom.